The highest BCUT2D eigenvalue weighted by Crippen LogP contribution is 2.17. The van der Waals surface area contributed by atoms with E-state index in [0.29, 0.717) is 16.3 Å². The number of hydrogen-bond acceptors (Lipinski definition) is 5. The SMILES string of the molecule is Cc1cc(C=Cc2ncon2)ccc1S(C)(=O)=O. The molecule has 1 heterocycles. The Morgan fingerprint density at radius 3 is 2.61 bits per heavy atom. The van der Waals surface area contributed by atoms with E-state index in [1.807, 2.05) is 0 Å². The van der Waals surface area contributed by atoms with Gasteiger partial charge in [0.15, 0.2) is 15.7 Å². The molecule has 0 radical (unpaired) electrons. The number of sulfone groups is 1. The summed E-state index contributed by atoms with van der Waals surface area (Å²) in [7, 11) is -3.17. The van der Waals surface area contributed by atoms with Gasteiger partial charge >= 0.3 is 0 Å². The van der Waals surface area contributed by atoms with Crippen LogP contribution in [-0.4, -0.2) is 24.8 Å². The van der Waals surface area contributed by atoms with Gasteiger partial charge in [0.25, 0.3) is 0 Å². The third-order valence-electron chi connectivity index (χ3n) is 2.40. The van der Waals surface area contributed by atoms with Crippen molar-refractivity contribution in [2.45, 2.75) is 11.8 Å². The Bertz CT molecular complexity index is 673. The van der Waals surface area contributed by atoms with Crippen molar-refractivity contribution in [2.24, 2.45) is 0 Å². The minimum atomic E-state index is -3.17. The van der Waals surface area contributed by atoms with Crippen LogP contribution in [0.15, 0.2) is 34.0 Å². The molecule has 0 amide bonds. The molecule has 2 aromatic rings. The van der Waals surface area contributed by atoms with E-state index in [1.165, 1.54) is 12.6 Å². The molecule has 0 atom stereocenters. The summed E-state index contributed by atoms with van der Waals surface area (Å²) in [5.74, 6) is 0.472. The molecule has 0 aliphatic rings. The predicted molar refractivity (Wildman–Crippen MR) is 67.5 cm³/mol. The first-order chi connectivity index (χ1) is 8.47. The second-order valence-corrected chi connectivity index (χ2v) is 5.90. The zero-order chi connectivity index (χ0) is 13.2. The number of aromatic nitrogens is 2. The molecule has 0 saturated heterocycles. The van der Waals surface area contributed by atoms with Gasteiger partial charge in [0.2, 0.25) is 6.39 Å². The molecule has 1 aromatic heterocycles. The van der Waals surface area contributed by atoms with E-state index < -0.39 is 9.84 Å². The minimum absolute atomic E-state index is 0.346. The van der Waals surface area contributed by atoms with Crippen molar-refractivity contribution in [1.82, 2.24) is 10.1 Å². The van der Waals surface area contributed by atoms with Crippen molar-refractivity contribution < 1.29 is 12.9 Å². The summed E-state index contributed by atoms with van der Waals surface area (Å²) in [6, 6.07) is 5.13. The maximum absolute atomic E-state index is 11.5. The van der Waals surface area contributed by atoms with Crippen molar-refractivity contribution in [1.29, 1.82) is 0 Å². The van der Waals surface area contributed by atoms with Crippen molar-refractivity contribution in [3.05, 3.63) is 41.5 Å². The minimum Gasteiger partial charge on any atom is -0.342 e. The first-order valence-electron chi connectivity index (χ1n) is 5.22. The Morgan fingerprint density at radius 2 is 2.06 bits per heavy atom. The monoisotopic (exact) mass is 264 g/mol. The Morgan fingerprint density at radius 1 is 1.28 bits per heavy atom. The molecule has 0 N–H and O–H groups in total. The zero-order valence-electron chi connectivity index (χ0n) is 9.99. The zero-order valence-corrected chi connectivity index (χ0v) is 10.8. The largest absolute Gasteiger partial charge is 0.342 e. The quantitative estimate of drug-likeness (QED) is 0.847. The molecule has 1 aromatic carbocycles. The number of hydrogen-bond donors (Lipinski definition) is 0. The number of nitrogens with zero attached hydrogens (tertiary/aromatic N) is 2. The van der Waals surface area contributed by atoms with Crippen LogP contribution in [0.2, 0.25) is 0 Å². The molecule has 5 nitrogen and oxygen atoms in total. The average Bonchev–Trinajstić information content (AvgIpc) is 2.77. The summed E-state index contributed by atoms with van der Waals surface area (Å²) in [5.41, 5.74) is 1.59. The van der Waals surface area contributed by atoms with E-state index in [9.17, 15) is 8.42 Å². The molecule has 94 valence electrons. The number of rotatable bonds is 3. The lowest BCUT2D eigenvalue weighted by atomic mass is 10.1. The summed E-state index contributed by atoms with van der Waals surface area (Å²) >= 11 is 0. The third-order valence-corrected chi connectivity index (χ3v) is 3.66. The maximum atomic E-state index is 11.5. The molecular formula is C12H12N2O3S. The van der Waals surface area contributed by atoms with E-state index in [0.717, 1.165) is 5.56 Å². The molecular weight excluding hydrogens is 252 g/mol. The molecule has 0 aliphatic heterocycles. The lowest BCUT2D eigenvalue weighted by Gasteiger charge is -2.04. The molecule has 0 fully saturated rings. The van der Waals surface area contributed by atoms with Gasteiger partial charge in [-0.1, -0.05) is 23.4 Å². The molecule has 0 saturated carbocycles. The highest BCUT2D eigenvalue weighted by Gasteiger charge is 2.09. The summed E-state index contributed by atoms with van der Waals surface area (Å²) in [4.78, 5) is 4.20. The van der Waals surface area contributed by atoms with Gasteiger partial charge in [-0.05, 0) is 30.2 Å². The second-order valence-electron chi connectivity index (χ2n) is 3.92. The summed E-state index contributed by atoms with van der Waals surface area (Å²) in [6.45, 7) is 1.77. The highest BCUT2D eigenvalue weighted by atomic mass is 32.2. The fourth-order valence-corrected chi connectivity index (χ4v) is 2.57. The Labute approximate surface area is 105 Å². The Kier molecular flexibility index (Phi) is 3.29. The third kappa shape index (κ3) is 2.84. The average molecular weight is 264 g/mol. The smallest absolute Gasteiger partial charge is 0.214 e. The van der Waals surface area contributed by atoms with E-state index in [4.69, 9.17) is 0 Å². The van der Waals surface area contributed by atoms with Crippen LogP contribution in [0.5, 0.6) is 0 Å². The van der Waals surface area contributed by atoms with Gasteiger partial charge in [-0.3, -0.25) is 0 Å². The summed E-state index contributed by atoms with van der Waals surface area (Å²) in [6.07, 6.45) is 5.93. The Hall–Kier alpha value is -1.95. The van der Waals surface area contributed by atoms with E-state index in [1.54, 1.807) is 37.3 Å². The Balaban J connectivity index is 2.30. The van der Waals surface area contributed by atoms with Gasteiger partial charge in [-0.15, -0.1) is 0 Å². The van der Waals surface area contributed by atoms with Gasteiger partial charge in [-0.2, -0.15) is 4.98 Å². The molecule has 18 heavy (non-hydrogen) atoms. The highest BCUT2D eigenvalue weighted by molar-refractivity contribution is 7.90. The number of aryl methyl sites for hydroxylation is 1. The van der Waals surface area contributed by atoms with Crippen LogP contribution in [0.4, 0.5) is 0 Å². The lowest BCUT2D eigenvalue weighted by molar-refractivity contribution is 0.415. The fraction of sp³-hybridized carbons (Fsp3) is 0.167. The van der Waals surface area contributed by atoms with Gasteiger partial charge in [0.05, 0.1) is 4.90 Å². The summed E-state index contributed by atoms with van der Waals surface area (Å²) in [5, 5.41) is 3.64. The van der Waals surface area contributed by atoms with Gasteiger partial charge in [0, 0.05) is 6.26 Å². The first-order valence-corrected chi connectivity index (χ1v) is 7.11. The second kappa shape index (κ2) is 4.73. The van der Waals surface area contributed by atoms with Crippen molar-refractivity contribution in [2.75, 3.05) is 6.26 Å². The van der Waals surface area contributed by atoms with Crippen LogP contribution < -0.4 is 0 Å². The van der Waals surface area contributed by atoms with Crippen LogP contribution in [0, 0.1) is 6.92 Å². The van der Waals surface area contributed by atoms with Crippen LogP contribution in [0.1, 0.15) is 17.0 Å². The molecule has 0 aliphatic carbocycles. The normalized spacial score (nSPS) is 12.1. The molecule has 6 heteroatoms. The van der Waals surface area contributed by atoms with Crippen molar-refractivity contribution in [3.8, 4) is 0 Å². The van der Waals surface area contributed by atoms with Crippen LogP contribution in [0.3, 0.4) is 0 Å². The van der Waals surface area contributed by atoms with Crippen molar-refractivity contribution in [3.63, 3.8) is 0 Å². The van der Waals surface area contributed by atoms with E-state index >= 15 is 0 Å². The lowest BCUT2D eigenvalue weighted by Crippen LogP contribution is -1.99. The number of benzene rings is 1. The topological polar surface area (TPSA) is 73.1 Å². The van der Waals surface area contributed by atoms with E-state index in [2.05, 4.69) is 14.7 Å². The molecule has 2 rings (SSSR count). The van der Waals surface area contributed by atoms with Crippen LogP contribution in [0.25, 0.3) is 12.2 Å². The molecule has 0 bridgehead atoms. The van der Waals surface area contributed by atoms with Crippen molar-refractivity contribution >= 4 is 22.0 Å². The summed E-state index contributed by atoms with van der Waals surface area (Å²) < 4.78 is 27.5. The first kappa shape index (κ1) is 12.5. The van der Waals surface area contributed by atoms with Gasteiger partial charge < -0.3 is 4.52 Å². The van der Waals surface area contributed by atoms with Crippen LogP contribution >= 0.6 is 0 Å². The van der Waals surface area contributed by atoms with Gasteiger partial charge in [0.1, 0.15) is 0 Å². The maximum Gasteiger partial charge on any atom is 0.214 e. The van der Waals surface area contributed by atoms with Crippen LogP contribution in [-0.2, 0) is 9.84 Å². The van der Waals surface area contributed by atoms with E-state index in [-0.39, 0.29) is 0 Å². The predicted octanol–water partition coefficient (Wildman–Crippen LogP) is 1.95. The van der Waals surface area contributed by atoms with Gasteiger partial charge in [-0.25, -0.2) is 8.42 Å². The standard InChI is InChI=1S/C12H12N2O3S/c1-9-7-10(3-5-11(9)18(2,15)16)4-6-12-13-8-17-14-12/h3-8H,1-2H3. The molecule has 0 unspecified atom stereocenters. The molecule has 0 spiro atoms. The fourth-order valence-electron chi connectivity index (χ4n) is 1.62.